The van der Waals surface area contributed by atoms with Crippen LogP contribution in [0.15, 0.2) is 36.7 Å². The van der Waals surface area contributed by atoms with E-state index in [4.69, 9.17) is 4.74 Å². The van der Waals surface area contributed by atoms with Gasteiger partial charge in [0.05, 0.1) is 25.6 Å². The largest absolute Gasteiger partial charge is 0.384 e. The Morgan fingerprint density at radius 1 is 1.31 bits per heavy atom. The third kappa shape index (κ3) is 3.27. The van der Waals surface area contributed by atoms with Gasteiger partial charge in [0.25, 0.3) is 5.91 Å². The molecule has 1 aromatic carbocycles. The van der Waals surface area contributed by atoms with Gasteiger partial charge in [-0.3, -0.25) is 14.6 Å². The summed E-state index contributed by atoms with van der Waals surface area (Å²) in [6.45, 7) is 1.60. The topological polar surface area (TPSA) is 91.8 Å². The number of aliphatic hydroxyl groups is 1. The van der Waals surface area contributed by atoms with Crippen molar-refractivity contribution in [2.24, 2.45) is 5.92 Å². The summed E-state index contributed by atoms with van der Waals surface area (Å²) in [5, 5.41) is 15.2. The quantitative estimate of drug-likeness (QED) is 0.837. The summed E-state index contributed by atoms with van der Waals surface area (Å²) in [4.78, 5) is 30.3. The average molecular weight is 355 g/mol. The van der Waals surface area contributed by atoms with Crippen molar-refractivity contribution in [1.29, 1.82) is 0 Å². The highest BCUT2D eigenvalue weighted by Crippen LogP contribution is 2.24. The summed E-state index contributed by atoms with van der Waals surface area (Å²) in [6, 6.07) is 7.37. The van der Waals surface area contributed by atoms with E-state index < -0.39 is 5.60 Å². The minimum atomic E-state index is -1.07. The number of nitrogens with one attached hydrogen (secondary N) is 1. The number of β-amino-alcohol motifs (C(OH)–C–C–N with tert-alkyl or cyclic N) is 1. The molecule has 2 amide bonds. The second-order valence-electron chi connectivity index (χ2n) is 7.10. The minimum absolute atomic E-state index is 0.0947. The van der Waals surface area contributed by atoms with Crippen LogP contribution >= 0.6 is 0 Å². The third-order valence-corrected chi connectivity index (χ3v) is 5.04. The molecule has 7 heteroatoms. The Labute approximate surface area is 151 Å². The minimum Gasteiger partial charge on any atom is -0.384 e. The summed E-state index contributed by atoms with van der Waals surface area (Å²) in [7, 11) is 0. The van der Waals surface area contributed by atoms with Crippen molar-refractivity contribution in [2.75, 3.05) is 32.8 Å². The number of hydrogen-bond acceptors (Lipinski definition) is 5. The lowest BCUT2D eigenvalue weighted by atomic mass is 9.92. The molecule has 1 unspecified atom stereocenters. The molecular formula is C19H21N3O4. The van der Waals surface area contributed by atoms with E-state index in [1.807, 2.05) is 18.2 Å². The molecule has 0 saturated carbocycles. The van der Waals surface area contributed by atoms with Crippen LogP contribution < -0.4 is 5.32 Å². The number of aromatic nitrogens is 1. The van der Waals surface area contributed by atoms with Crippen LogP contribution in [-0.2, 0) is 9.53 Å². The molecule has 2 aliphatic rings. The van der Waals surface area contributed by atoms with Gasteiger partial charge in [-0.25, -0.2) is 0 Å². The second kappa shape index (κ2) is 6.66. The zero-order chi connectivity index (χ0) is 18.1. The molecule has 0 radical (unpaired) electrons. The number of hydrogen-bond donors (Lipinski definition) is 2. The summed E-state index contributed by atoms with van der Waals surface area (Å²) in [5.74, 6) is -0.360. The fraction of sp³-hybridized carbons (Fsp3) is 0.421. The summed E-state index contributed by atoms with van der Waals surface area (Å²) in [5.41, 5.74) is -0.497. The Bertz CT molecular complexity index is 842. The molecule has 2 aromatic rings. The molecule has 2 fully saturated rings. The maximum absolute atomic E-state index is 12.6. The highest BCUT2D eigenvalue weighted by atomic mass is 16.5. The van der Waals surface area contributed by atoms with E-state index in [2.05, 4.69) is 10.3 Å². The molecule has 0 spiro atoms. The third-order valence-electron chi connectivity index (χ3n) is 5.04. The van der Waals surface area contributed by atoms with Crippen LogP contribution in [0, 0.1) is 5.92 Å². The SMILES string of the molecule is O=C(NCC1(O)CN(C(=O)c2ccc3ccncc3c2)C1)C1CCOC1. The lowest BCUT2D eigenvalue weighted by Gasteiger charge is -2.46. The number of benzene rings is 1. The smallest absolute Gasteiger partial charge is 0.254 e. The number of carbonyl (C=O) groups excluding carboxylic acids is 2. The van der Waals surface area contributed by atoms with Crippen molar-refractivity contribution in [3.63, 3.8) is 0 Å². The zero-order valence-corrected chi connectivity index (χ0v) is 14.4. The van der Waals surface area contributed by atoms with Crippen molar-refractivity contribution < 1.29 is 19.4 Å². The van der Waals surface area contributed by atoms with Crippen LogP contribution in [0.4, 0.5) is 0 Å². The maximum Gasteiger partial charge on any atom is 0.254 e. The number of pyridine rings is 1. The predicted molar refractivity (Wildman–Crippen MR) is 94.5 cm³/mol. The van der Waals surface area contributed by atoms with Gasteiger partial charge in [-0.05, 0) is 30.0 Å². The summed E-state index contributed by atoms with van der Waals surface area (Å²) in [6.07, 6.45) is 4.15. The van der Waals surface area contributed by atoms with Crippen molar-refractivity contribution in [1.82, 2.24) is 15.2 Å². The molecule has 7 nitrogen and oxygen atoms in total. The molecule has 4 rings (SSSR count). The number of ether oxygens (including phenoxy) is 1. The molecule has 26 heavy (non-hydrogen) atoms. The molecule has 2 aliphatic heterocycles. The Morgan fingerprint density at radius 3 is 2.92 bits per heavy atom. The van der Waals surface area contributed by atoms with Gasteiger partial charge in [0, 0.05) is 36.5 Å². The van der Waals surface area contributed by atoms with Crippen molar-refractivity contribution >= 4 is 22.6 Å². The predicted octanol–water partition coefficient (Wildman–Crippen LogP) is 0.574. The summed E-state index contributed by atoms with van der Waals surface area (Å²) < 4.78 is 5.20. The Balaban J connectivity index is 1.33. The van der Waals surface area contributed by atoms with Gasteiger partial charge in [-0.1, -0.05) is 6.07 Å². The average Bonchev–Trinajstić information content (AvgIpc) is 3.17. The van der Waals surface area contributed by atoms with Gasteiger partial charge >= 0.3 is 0 Å². The van der Waals surface area contributed by atoms with E-state index in [1.165, 1.54) is 0 Å². The fourth-order valence-electron chi connectivity index (χ4n) is 3.46. The van der Waals surface area contributed by atoms with Gasteiger partial charge in [0.2, 0.25) is 5.91 Å². The summed E-state index contributed by atoms with van der Waals surface area (Å²) >= 11 is 0. The molecule has 0 bridgehead atoms. The Kier molecular flexibility index (Phi) is 4.34. The van der Waals surface area contributed by atoms with Gasteiger partial charge in [-0.2, -0.15) is 0 Å². The highest BCUT2D eigenvalue weighted by Gasteiger charge is 2.44. The lowest BCUT2D eigenvalue weighted by Crippen LogP contribution is -2.67. The van der Waals surface area contributed by atoms with Crippen LogP contribution in [0.2, 0.25) is 0 Å². The Morgan fingerprint density at radius 2 is 2.15 bits per heavy atom. The molecule has 2 saturated heterocycles. The first kappa shape index (κ1) is 16.9. The first-order valence-electron chi connectivity index (χ1n) is 8.75. The normalized spacial score (nSPS) is 21.4. The van der Waals surface area contributed by atoms with Gasteiger partial charge in [0.15, 0.2) is 0 Å². The van der Waals surface area contributed by atoms with Crippen LogP contribution in [0.25, 0.3) is 10.8 Å². The molecule has 3 heterocycles. The van der Waals surface area contributed by atoms with Gasteiger partial charge < -0.3 is 20.1 Å². The number of fused-ring (bicyclic) bond motifs is 1. The van der Waals surface area contributed by atoms with E-state index in [-0.39, 0.29) is 37.4 Å². The molecule has 0 aliphatic carbocycles. The van der Waals surface area contributed by atoms with Gasteiger partial charge in [-0.15, -0.1) is 0 Å². The van der Waals surface area contributed by atoms with E-state index in [9.17, 15) is 14.7 Å². The van der Waals surface area contributed by atoms with Crippen LogP contribution in [0.5, 0.6) is 0 Å². The maximum atomic E-state index is 12.6. The van der Waals surface area contributed by atoms with Gasteiger partial charge in [0.1, 0.15) is 5.60 Å². The second-order valence-corrected chi connectivity index (χ2v) is 7.10. The van der Waals surface area contributed by atoms with Crippen molar-refractivity contribution in [3.8, 4) is 0 Å². The Hall–Kier alpha value is -2.51. The van der Waals surface area contributed by atoms with E-state index >= 15 is 0 Å². The molecule has 2 N–H and O–H groups in total. The van der Waals surface area contributed by atoms with Crippen molar-refractivity contribution in [3.05, 3.63) is 42.2 Å². The monoisotopic (exact) mass is 355 g/mol. The van der Waals surface area contributed by atoms with Crippen LogP contribution in [0.1, 0.15) is 16.8 Å². The molecule has 1 atom stereocenters. The van der Waals surface area contributed by atoms with E-state index in [0.29, 0.717) is 25.2 Å². The number of nitrogens with zero attached hydrogens (tertiary/aromatic N) is 2. The van der Waals surface area contributed by atoms with Crippen LogP contribution in [0.3, 0.4) is 0 Å². The first-order valence-corrected chi connectivity index (χ1v) is 8.75. The lowest BCUT2D eigenvalue weighted by molar-refractivity contribution is -0.128. The zero-order valence-electron chi connectivity index (χ0n) is 14.4. The molecule has 136 valence electrons. The molecule has 1 aromatic heterocycles. The van der Waals surface area contributed by atoms with Crippen molar-refractivity contribution in [2.45, 2.75) is 12.0 Å². The van der Waals surface area contributed by atoms with E-state index in [1.54, 1.807) is 23.4 Å². The number of carbonyl (C=O) groups is 2. The van der Waals surface area contributed by atoms with Crippen LogP contribution in [-0.4, -0.2) is 65.3 Å². The first-order chi connectivity index (χ1) is 12.5. The molecular weight excluding hydrogens is 334 g/mol. The highest BCUT2D eigenvalue weighted by molar-refractivity contribution is 5.99. The fourth-order valence-corrected chi connectivity index (χ4v) is 3.46. The number of rotatable bonds is 4. The number of likely N-dealkylation sites (tertiary alicyclic amines) is 1. The number of amides is 2. The van der Waals surface area contributed by atoms with E-state index in [0.717, 1.165) is 10.8 Å². The standard InChI is InChI=1S/C19H21N3O4/c23-17(15-4-6-26-9-15)21-10-19(25)11-22(12-19)18(24)14-2-1-13-3-5-20-8-16(13)7-14/h1-3,5,7-8,15,25H,4,6,9-12H2,(H,21,23).